The third kappa shape index (κ3) is 2.85. The van der Waals surface area contributed by atoms with Gasteiger partial charge >= 0.3 is 0 Å². The summed E-state index contributed by atoms with van der Waals surface area (Å²) >= 11 is 1.84. The first-order valence-corrected chi connectivity index (χ1v) is 8.18. The molecule has 1 fully saturated rings. The molecule has 1 aliphatic heterocycles. The minimum absolute atomic E-state index is 0.0118. The Kier molecular flexibility index (Phi) is 4.43. The zero-order valence-corrected chi connectivity index (χ0v) is 13.2. The number of hydrogen-bond acceptors (Lipinski definition) is 4. The molecule has 20 heavy (non-hydrogen) atoms. The van der Waals surface area contributed by atoms with Crippen molar-refractivity contribution >= 4 is 23.3 Å². The lowest BCUT2D eigenvalue weighted by molar-refractivity contribution is -0.125. The molecule has 0 radical (unpaired) electrons. The van der Waals surface area contributed by atoms with Crippen LogP contribution >= 0.6 is 11.8 Å². The number of aliphatic hydroxyl groups excluding tert-OH is 1. The summed E-state index contributed by atoms with van der Waals surface area (Å²) < 4.78 is 0.0118. The second kappa shape index (κ2) is 5.76. The van der Waals surface area contributed by atoms with Crippen molar-refractivity contribution in [1.29, 1.82) is 0 Å². The van der Waals surface area contributed by atoms with Crippen LogP contribution in [0, 0.1) is 5.92 Å². The highest BCUT2D eigenvalue weighted by Crippen LogP contribution is 2.45. The molecular formula is C16H22O3S. The molecule has 1 saturated carbocycles. The summed E-state index contributed by atoms with van der Waals surface area (Å²) in [6, 6.07) is 0. The average Bonchev–Trinajstić information content (AvgIpc) is 2.68. The minimum atomic E-state index is -0.189. The van der Waals surface area contributed by atoms with Gasteiger partial charge in [-0.2, -0.15) is 0 Å². The van der Waals surface area contributed by atoms with Gasteiger partial charge in [0.15, 0.2) is 11.6 Å². The highest BCUT2D eigenvalue weighted by molar-refractivity contribution is 8.01. The first-order chi connectivity index (χ1) is 9.36. The smallest absolute Gasteiger partial charge is 0.170 e. The summed E-state index contributed by atoms with van der Waals surface area (Å²) in [7, 11) is 0. The van der Waals surface area contributed by atoms with Crippen LogP contribution in [0.2, 0.25) is 0 Å². The van der Waals surface area contributed by atoms with Crippen LogP contribution in [-0.4, -0.2) is 27.2 Å². The Hall–Kier alpha value is -1.03. The molecule has 0 atom stereocenters. The molecule has 0 amide bonds. The first-order valence-electron chi connectivity index (χ1n) is 7.19. The predicted molar refractivity (Wildman–Crippen MR) is 81.9 cm³/mol. The lowest BCUT2D eigenvalue weighted by Gasteiger charge is -2.31. The summed E-state index contributed by atoms with van der Waals surface area (Å²) in [6.45, 7) is 6.21. The van der Waals surface area contributed by atoms with Crippen molar-refractivity contribution in [3.05, 3.63) is 23.0 Å². The fourth-order valence-electron chi connectivity index (χ4n) is 3.11. The SMILES string of the molecule is CCCC(O)=C1C(=O)CC(C2=CCSC2(C)C)CC1=O. The lowest BCUT2D eigenvalue weighted by Crippen LogP contribution is -2.32. The summed E-state index contributed by atoms with van der Waals surface area (Å²) in [5.41, 5.74) is 1.28. The molecule has 110 valence electrons. The van der Waals surface area contributed by atoms with Gasteiger partial charge in [0.2, 0.25) is 0 Å². The van der Waals surface area contributed by atoms with Crippen LogP contribution < -0.4 is 0 Å². The summed E-state index contributed by atoms with van der Waals surface area (Å²) in [4.78, 5) is 24.5. The molecular weight excluding hydrogens is 272 g/mol. The number of thioether (sulfide) groups is 1. The van der Waals surface area contributed by atoms with E-state index in [1.807, 2.05) is 18.7 Å². The van der Waals surface area contributed by atoms with Gasteiger partial charge in [-0.25, -0.2) is 0 Å². The maximum absolute atomic E-state index is 12.2. The van der Waals surface area contributed by atoms with Gasteiger partial charge in [0.25, 0.3) is 0 Å². The minimum Gasteiger partial charge on any atom is -0.511 e. The molecule has 0 saturated heterocycles. The van der Waals surface area contributed by atoms with Crippen molar-refractivity contribution in [2.75, 3.05) is 5.75 Å². The highest BCUT2D eigenvalue weighted by atomic mass is 32.2. The van der Waals surface area contributed by atoms with E-state index in [9.17, 15) is 14.7 Å². The Morgan fingerprint density at radius 1 is 1.35 bits per heavy atom. The van der Waals surface area contributed by atoms with Crippen molar-refractivity contribution in [2.24, 2.45) is 5.92 Å². The van der Waals surface area contributed by atoms with Crippen LogP contribution in [0.1, 0.15) is 46.5 Å². The first kappa shape index (κ1) is 15.4. The lowest BCUT2D eigenvalue weighted by atomic mass is 9.75. The Labute approximate surface area is 124 Å². The Morgan fingerprint density at radius 2 is 1.95 bits per heavy atom. The van der Waals surface area contributed by atoms with Gasteiger partial charge in [-0.15, -0.1) is 11.8 Å². The van der Waals surface area contributed by atoms with Crippen LogP contribution in [0.15, 0.2) is 23.0 Å². The Bertz CT molecular complexity index is 480. The number of rotatable bonds is 3. The molecule has 0 unspecified atom stereocenters. The predicted octanol–water partition coefficient (Wildman–Crippen LogP) is 3.60. The van der Waals surface area contributed by atoms with E-state index in [4.69, 9.17) is 0 Å². The molecule has 0 aromatic carbocycles. The third-order valence-electron chi connectivity index (χ3n) is 4.08. The van der Waals surface area contributed by atoms with Gasteiger partial charge in [0.1, 0.15) is 5.76 Å². The fraction of sp³-hybridized carbons (Fsp3) is 0.625. The molecule has 1 aliphatic carbocycles. The monoisotopic (exact) mass is 294 g/mol. The largest absolute Gasteiger partial charge is 0.511 e. The molecule has 0 bridgehead atoms. The van der Waals surface area contributed by atoms with Crippen molar-refractivity contribution in [1.82, 2.24) is 0 Å². The maximum atomic E-state index is 12.2. The zero-order chi connectivity index (χ0) is 14.9. The van der Waals surface area contributed by atoms with Gasteiger partial charge in [-0.1, -0.05) is 18.6 Å². The summed E-state index contributed by atoms with van der Waals surface area (Å²) in [6.07, 6.45) is 4.00. The molecule has 1 heterocycles. The Balaban J connectivity index is 2.21. The van der Waals surface area contributed by atoms with Crippen molar-refractivity contribution in [3.63, 3.8) is 0 Å². The standard InChI is InChI=1S/C16H22O3S/c1-4-5-12(17)15-13(18)8-10(9-14(15)19)11-6-7-20-16(11,2)3/h6,10,17H,4-5,7-9H2,1-3H3. The number of hydrogen-bond donors (Lipinski definition) is 1. The normalized spacial score (nSPS) is 25.9. The second-order valence-corrected chi connectivity index (χ2v) is 7.65. The number of Topliss-reactive ketones (excluding diaryl/α,β-unsaturated/α-hetero) is 2. The van der Waals surface area contributed by atoms with E-state index in [-0.39, 0.29) is 33.6 Å². The van der Waals surface area contributed by atoms with E-state index in [1.54, 1.807) is 0 Å². The van der Waals surface area contributed by atoms with E-state index >= 15 is 0 Å². The number of allylic oxidation sites excluding steroid dienone is 2. The molecule has 0 aromatic rings. The van der Waals surface area contributed by atoms with Crippen LogP contribution in [-0.2, 0) is 9.59 Å². The number of carbonyl (C=O) groups excluding carboxylic acids is 2. The molecule has 2 rings (SSSR count). The summed E-state index contributed by atoms with van der Waals surface area (Å²) in [5.74, 6) is 0.565. The van der Waals surface area contributed by atoms with E-state index in [0.29, 0.717) is 19.3 Å². The number of ketones is 2. The highest BCUT2D eigenvalue weighted by Gasteiger charge is 2.40. The molecule has 0 aromatic heterocycles. The van der Waals surface area contributed by atoms with Crippen molar-refractivity contribution in [3.8, 4) is 0 Å². The van der Waals surface area contributed by atoms with Crippen LogP contribution in [0.25, 0.3) is 0 Å². The fourth-order valence-corrected chi connectivity index (χ4v) is 4.21. The van der Waals surface area contributed by atoms with Gasteiger partial charge in [-0.05, 0) is 26.2 Å². The molecule has 3 nitrogen and oxygen atoms in total. The molecule has 4 heteroatoms. The van der Waals surface area contributed by atoms with Crippen molar-refractivity contribution in [2.45, 2.75) is 51.2 Å². The molecule has 0 spiro atoms. The third-order valence-corrected chi connectivity index (χ3v) is 5.37. The molecule has 1 N–H and O–H groups in total. The zero-order valence-electron chi connectivity index (χ0n) is 12.4. The van der Waals surface area contributed by atoms with Gasteiger partial charge in [0.05, 0.1) is 5.57 Å². The maximum Gasteiger partial charge on any atom is 0.170 e. The van der Waals surface area contributed by atoms with Crippen molar-refractivity contribution < 1.29 is 14.7 Å². The van der Waals surface area contributed by atoms with E-state index in [0.717, 1.165) is 12.2 Å². The average molecular weight is 294 g/mol. The number of aliphatic hydroxyl groups is 1. The van der Waals surface area contributed by atoms with Crippen LogP contribution in [0.4, 0.5) is 0 Å². The summed E-state index contributed by atoms with van der Waals surface area (Å²) in [5, 5.41) is 9.89. The molecule has 2 aliphatic rings. The Morgan fingerprint density at radius 3 is 2.40 bits per heavy atom. The van der Waals surface area contributed by atoms with Gasteiger partial charge in [0, 0.05) is 29.8 Å². The van der Waals surface area contributed by atoms with E-state index in [1.165, 1.54) is 5.57 Å². The van der Waals surface area contributed by atoms with Crippen LogP contribution in [0.3, 0.4) is 0 Å². The second-order valence-electron chi connectivity index (χ2n) is 6.00. The quantitative estimate of drug-likeness (QED) is 0.374. The topological polar surface area (TPSA) is 54.4 Å². The van der Waals surface area contributed by atoms with Gasteiger partial charge < -0.3 is 5.11 Å². The van der Waals surface area contributed by atoms with Crippen LogP contribution in [0.5, 0.6) is 0 Å². The van der Waals surface area contributed by atoms with E-state index in [2.05, 4.69) is 19.9 Å². The number of carbonyl (C=O) groups is 2. The van der Waals surface area contributed by atoms with E-state index < -0.39 is 0 Å². The van der Waals surface area contributed by atoms with Gasteiger partial charge in [-0.3, -0.25) is 9.59 Å².